The number of methoxy groups -OCH3 is 1. The van der Waals surface area contributed by atoms with E-state index in [0.29, 0.717) is 0 Å². The van der Waals surface area contributed by atoms with Crippen molar-refractivity contribution in [2.75, 3.05) is 7.11 Å². The van der Waals surface area contributed by atoms with Gasteiger partial charge in [0, 0.05) is 18.3 Å². The first kappa shape index (κ1) is 17.1. The fourth-order valence-electron chi connectivity index (χ4n) is 1.26. The molecule has 0 N–H and O–H groups in total. The number of rotatable bonds is 3. The second kappa shape index (κ2) is 10.1. The van der Waals surface area contributed by atoms with E-state index in [1.165, 1.54) is 0 Å². The minimum atomic E-state index is 0.721. The normalized spacial score (nSPS) is 8.74. The highest BCUT2D eigenvalue weighted by Crippen LogP contribution is 2.19. The Morgan fingerprint density at radius 2 is 1.84 bits per heavy atom. The van der Waals surface area contributed by atoms with E-state index in [2.05, 4.69) is 15.3 Å². The molecule has 2 heterocycles. The molecule has 0 aliphatic rings. The summed E-state index contributed by atoms with van der Waals surface area (Å²) >= 11 is 0. The third kappa shape index (κ3) is 5.07. The van der Waals surface area contributed by atoms with Crippen LogP contribution in [0.15, 0.2) is 24.7 Å². The summed E-state index contributed by atoms with van der Waals surface area (Å²) in [5.74, 6) is 0.721. The summed E-state index contributed by atoms with van der Waals surface area (Å²) in [6.45, 7) is 10.8. The molecular formula is C14H24N4O. The monoisotopic (exact) mass is 264 g/mol. The lowest BCUT2D eigenvalue weighted by atomic mass is 10.2. The Kier molecular flexibility index (Phi) is 9.04. The molecule has 106 valence electrons. The SMILES string of the molecule is CC.CC.CCn1cc(-c2cncc(OC)c2)nn1. The molecule has 2 rings (SSSR count). The van der Waals surface area contributed by atoms with E-state index in [9.17, 15) is 0 Å². The molecule has 0 unspecified atom stereocenters. The van der Waals surface area contributed by atoms with Gasteiger partial charge in [-0.1, -0.05) is 32.9 Å². The maximum Gasteiger partial charge on any atom is 0.137 e. The van der Waals surface area contributed by atoms with Crippen molar-refractivity contribution in [1.29, 1.82) is 0 Å². The van der Waals surface area contributed by atoms with Crippen LogP contribution in [-0.2, 0) is 6.54 Å². The van der Waals surface area contributed by atoms with Gasteiger partial charge >= 0.3 is 0 Å². The number of hydrogen-bond acceptors (Lipinski definition) is 4. The maximum atomic E-state index is 5.09. The van der Waals surface area contributed by atoms with Crippen LogP contribution in [0.4, 0.5) is 0 Å². The number of nitrogens with zero attached hydrogens (tertiary/aromatic N) is 4. The van der Waals surface area contributed by atoms with Gasteiger partial charge in [0.2, 0.25) is 0 Å². The lowest BCUT2D eigenvalue weighted by Crippen LogP contribution is -1.93. The van der Waals surface area contributed by atoms with Crippen molar-refractivity contribution >= 4 is 0 Å². The summed E-state index contributed by atoms with van der Waals surface area (Å²) in [5.41, 5.74) is 1.72. The van der Waals surface area contributed by atoms with E-state index in [1.807, 2.05) is 46.9 Å². The average Bonchev–Trinajstić information content (AvgIpc) is 3.00. The largest absolute Gasteiger partial charge is 0.495 e. The molecule has 2 aromatic rings. The summed E-state index contributed by atoms with van der Waals surface area (Å²) in [7, 11) is 1.61. The highest BCUT2D eigenvalue weighted by molar-refractivity contribution is 5.58. The molecule has 0 spiro atoms. The summed E-state index contributed by atoms with van der Waals surface area (Å²) in [4.78, 5) is 4.06. The van der Waals surface area contributed by atoms with Crippen LogP contribution in [0.3, 0.4) is 0 Å². The highest BCUT2D eigenvalue weighted by atomic mass is 16.5. The predicted molar refractivity (Wildman–Crippen MR) is 78.2 cm³/mol. The van der Waals surface area contributed by atoms with Crippen LogP contribution >= 0.6 is 0 Å². The van der Waals surface area contributed by atoms with Crippen LogP contribution in [0.1, 0.15) is 34.6 Å². The van der Waals surface area contributed by atoms with E-state index in [4.69, 9.17) is 4.74 Å². The number of pyridine rings is 1. The van der Waals surface area contributed by atoms with Gasteiger partial charge in [-0.15, -0.1) is 5.10 Å². The summed E-state index contributed by atoms with van der Waals surface area (Å²) < 4.78 is 6.86. The summed E-state index contributed by atoms with van der Waals surface area (Å²) in [5, 5.41) is 8.01. The van der Waals surface area contributed by atoms with Gasteiger partial charge in [0.25, 0.3) is 0 Å². The van der Waals surface area contributed by atoms with Gasteiger partial charge in [-0.05, 0) is 13.0 Å². The Balaban J connectivity index is 0.000000741. The van der Waals surface area contributed by atoms with Gasteiger partial charge in [0.1, 0.15) is 11.4 Å². The topological polar surface area (TPSA) is 52.8 Å². The third-order valence-corrected chi connectivity index (χ3v) is 2.11. The molecule has 0 amide bonds. The molecule has 5 nitrogen and oxygen atoms in total. The number of hydrogen-bond donors (Lipinski definition) is 0. The molecule has 5 heteroatoms. The molecule has 0 bridgehead atoms. The lowest BCUT2D eigenvalue weighted by Gasteiger charge is -1.99. The molecule has 19 heavy (non-hydrogen) atoms. The summed E-state index contributed by atoms with van der Waals surface area (Å²) in [6.07, 6.45) is 5.29. The minimum Gasteiger partial charge on any atom is -0.495 e. The van der Waals surface area contributed by atoms with Crippen molar-refractivity contribution in [3.8, 4) is 17.0 Å². The van der Waals surface area contributed by atoms with Gasteiger partial charge in [0.15, 0.2) is 0 Å². The number of aromatic nitrogens is 4. The van der Waals surface area contributed by atoms with E-state index < -0.39 is 0 Å². The van der Waals surface area contributed by atoms with E-state index in [-0.39, 0.29) is 0 Å². The summed E-state index contributed by atoms with van der Waals surface area (Å²) in [6, 6.07) is 1.89. The molecule has 0 aromatic carbocycles. The van der Waals surface area contributed by atoms with Crippen LogP contribution in [0.2, 0.25) is 0 Å². The Labute approximate surface area is 115 Å². The second-order valence-electron chi connectivity index (χ2n) is 3.07. The van der Waals surface area contributed by atoms with Gasteiger partial charge in [-0.3, -0.25) is 9.67 Å². The van der Waals surface area contributed by atoms with Gasteiger partial charge in [-0.25, -0.2) is 0 Å². The zero-order chi connectivity index (χ0) is 14.7. The van der Waals surface area contributed by atoms with Crippen LogP contribution in [-0.4, -0.2) is 27.1 Å². The van der Waals surface area contributed by atoms with Crippen LogP contribution in [0.25, 0.3) is 11.3 Å². The third-order valence-electron chi connectivity index (χ3n) is 2.11. The van der Waals surface area contributed by atoms with Crippen LogP contribution in [0, 0.1) is 0 Å². The van der Waals surface area contributed by atoms with Crippen molar-refractivity contribution in [3.63, 3.8) is 0 Å². The van der Waals surface area contributed by atoms with E-state index >= 15 is 0 Å². The fourth-order valence-corrected chi connectivity index (χ4v) is 1.26. The molecule has 0 saturated heterocycles. The Morgan fingerprint density at radius 1 is 1.16 bits per heavy atom. The van der Waals surface area contributed by atoms with E-state index in [0.717, 1.165) is 23.6 Å². The smallest absolute Gasteiger partial charge is 0.137 e. The van der Waals surface area contributed by atoms with Crippen LogP contribution < -0.4 is 4.74 Å². The standard InChI is InChI=1S/C10H12N4O.2C2H6/c1-3-14-7-10(12-13-14)8-4-9(15-2)6-11-5-8;2*1-2/h4-7H,3H2,1-2H3;2*1-2H3. The Bertz CT molecular complexity index is 454. The van der Waals surface area contributed by atoms with E-state index in [1.54, 1.807) is 24.2 Å². The second-order valence-corrected chi connectivity index (χ2v) is 3.07. The zero-order valence-corrected chi connectivity index (χ0v) is 12.7. The molecule has 0 aliphatic heterocycles. The molecular weight excluding hydrogens is 240 g/mol. The Hall–Kier alpha value is -1.91. The molecule has 0 saturated carbocycles. The first-order chi connectivity index (χ1) is 9.33. The van der Waals surface area contributed by atoms with Crippen molar-refractivity contribution in [2.24, 2.45) is 0 Å². The highest BCUT2D eigenvalue weighted by Gasteiger charge is 2.04. The van der Waals surface area contributed by atoms with Gasteiger partial charge in [0.05, 0.1) is 19.5 Å². The predicted octanol–water partition coefficient (Wildman–Crippen LogP) is 3.42. The number of aryl methyl sites for hydroxylation is 1. The van der Waals surface area contributed by atoms with Crippen molar-refractivity contribution in [2.45, 2.75) is 41.2 Å². The molecule has 0 atom stereocenters. The fraction of sp³-hybridized carbons (Fsp3) is 0.500. The van der Waals surface area contributed by atoms with Crippen molar-refractivity contribution in [1.82, 2.24) is 20.0 Å². The average molecular weight is 264 g/mol. The van der Waals surface area contributed by atoms with Gasteiger partial charge < -0.3 is 4.74 Å². The first-order valence-corrected chi connectivity index (χ1v) is 6.73. The van der Waals surface area contributed by atoms with Crippen molar-refractivity contribution < 1.29 is 4.74 Å². The Morgan fingerprint density at radius 3 is 2.37 bits per heavy atom. The molecule has 2 aromatic heterocycles. The minimum absolute atomic E-state index is 0.721. The number of ether oxygens (including phenoxy) is 1. The molecule has 0 fully saturated rings. The zero-order valence-electron chi connectivity index (χ0n) is 12.7. The quantitative estimate of drug-likeness (QED) is 0.852. The maximum absolute atomic E-state index is 5.09. The lowest BCUT2D eigenvalue weighted by molar-refractivity contribution is 0.413. The molecule has 0 aliphatic carbocycles. The molecule has 0 radical (unpaired) electrons. The van der Waals surface area contributed by atoms with Crippen molar-refractivity contribution in [3.05, 3.63) is 24.7 Å². The van der Waals surface area contributed by atoms with Gasteiger partial charge in [-0.2, -0.15) is 0 Å². The first-order valence-electron chi connectivity index (χ1n) is 6.73. The van der Waals surface area contributed by atoms with Crippen LogP contribution in [0.5, 0.6) is 5.75 Å².